The molecule has 2 aromatic rings. The van der Waals surface area contributed by atoms with Crippen molar-refractivity contribution in [2.75, 3.05) is 10.7 Å². The first-order valence-electron chi connectivity index (χ1n) is 5.04. The highest BCUT2D eigenvalue weighted by atomic mass is 35.5. The number of nitrogens with two attached hydrogens (primary N) is 1. The molecular formula is C11H10ClN5O. The normalized spacial score (nSPS) is 9.89. The summed E-state index contributed by atoms with van der Waals surface area (Å²) < 4.78 is 0. The van der Waals surface area contributed by atoms with Gasteiger partial charge in [0.1, 0.15) is 5.69 Å². The molecular weight excluding hydrogens is 254 g/mol. The maximum Gasteiger partial charge on any atom is 0.275 e. The molecule has 0 aliphatic rings. The van der Waals surface area contributed by atoms with E-state index in [4.69, 9.17) is 17.4 Å². The zero-order chi connectivity index (χ0) is 13.0. The summed E-state index contributed by atoms with van der Waals surface area (Å²) in [5.41, 5.74) is 3.16. The van der Waals surface area contributed by atoms with Gasteiger partial charge in [0.15, 0.2) is 5.82 Å². The quantitative estimate of drug-likeness (QED) is 0.579. The number of nitrogens with one attached hydrogen (secondary N) is 2. The summed E-state index contributed by atoms with van der Waals surface area (Å²) in [5, 5.41) is 3.27. The number of rotatable bonds is 3. The second-order valence-corrected chi connectivity index (χ2v) is 3.83. The van der Waals surface area contributed by atoms with Crippen molar-refractivity contribution in [3.8, 4) is 0 Å². The summed E-state index contributed by atoms with van der Waals surface area (Å²) in [6.07, 6.45) is 2.71. The number of carbonyl (C=O) groups is 1. The Morgan fingerprint density at radius 3 is 2.44 bits per heavy atom. The fraction of sp³-hybridized carbons (Fsp3) is 0. The van der Waals surface area contributed by atoms with Gasteiger partial charge in [-0.05, 0) is 24.3 Å². The minimum absolute atomic E-state index is 0.198. The largest absolute Gasteiger partial charge is 0.321 e. The molecule has 1 aromatic carbocycles. The summed E-state index contributed by atoms with van der Waals surface area (Å²) in [6.45, 7) is 0. The van der Waals surface area contributed by atoms with Crippen LogP contribution >= 0.6 is 11.6 Å². The minimum Gasteiger partial charge on any atom is -0.321 e. The van der Waals surface area contributed by atoms with Crippen molar-refractivity contribution in [3.63, 3.8) is 0 Å². The third-order valence-corrected chi connectivity index (χ3v) is 2.39. The van der Waals surface area contributed by atoms with Crippen LogP contribution in [-0.4, -0.2) is 15.9 Å². The Labute approximate surface area is 108 Å². The van der Waals surface area contributed by atoms with E-state index in [0.717, 1.165) is 0 Å². The number of hydrazine groups is 1. The molecule has 0 saturated carbocycles. The lowest BCUT2D eigenvalue weighted by Gasteiger charge is -2.04. The molecule has 0 saturated heterocycles. The molecule has 2 rings (SSSR count). The van der Waals surface area contributed by atoms with Crippen LogP contribution in [0.25, 0.3) is 0 Å². The number of hydrogen-bond acceptors (Lipinski definition) is 5. The highest BCUT2D eigenvalue weighted by molar-refractivity contribution is 6.30. The number of nitrogen functional groups attached to an aromatic ring is 1. The van der Waals surface area contributed by atoms with Gasteiger partial charge in [-0.1, -0.05) is 11.6 Å². The van der Waals surface area contributed by atoms with Gasteiger partial charge >= 0.3 is 0 Å². The second kappa shape index (κ2) is 5.44. The number of amides is 1. The number of nitrogens with zero attached hydrogens (tertiary/aromatic N) is 2. The highest BCUT2D eigenvalue weighted by Crippen LogP contribution is 2.14. The van der Waals surface area contributed by atoms with Gasteiger partial charge in [-0.2, -0.15) is 0 Å². The first-order chi connectivity index (χ1) is 8.69. The second-order valence-electron chi connectivity index (χ2n) is 3.39. The molecule has 4 N–H and O–H groups in total. The van der Waals surface area contributed by atoms with E-state index in [1.54, 1.807) is 24.3 Å². The standard InChI is InChI=1S/C11H10ClN5O/c12-7-1-3-8(4-2-7)16-11(18)9-5-15-10(17-13)6-14-9/h1-6H,13H2,(H,15,17)(H,16,18). The van der Waals surface area contributed by atoms with Crippen molar-refractivity contribution in [2.45, 2.75) is 0 Å². The van der Waals surface area contributed by atoms with E-state index in [2.05, 4.69) is 20.7 Å². The van der Waals surface area contributed by atoms with Crippen molar-refractivity contribution < 1.29 is 4.79 Å². The fourth-order valence-corrected chi connectivity index (χ4v) is 1.37. The van der Waals surface area contributed by atoms with Crippen LogP contribution in [-0.2, 0) is 0 Å². The van der Waals surface area contributed by atoms with Gasteiger partial charge in [0.2, 0.25) is 0 Å². The molecule has 0 atom stereocenters. The Kier molecular flexibility index (Phi) is 3.71. The smallest absolute Gasteiger partial charge is 0.275 e. The van der Waals surface area contributed by atoms with Crippen LogP contribution in [0.4, 0.5) is 11.5 Å². The number of anilines is 2. The summed E-state index contributed by atoms with van der Waals surface area (Å²) in [5.74, 6) is 5.18. The number of benzene rings is 1. The van der Waals surface area contributed by atoms with E-state index in [-0.39, 0.29) is 11.6 Å². The summed E-state index contributed by atoms with van der Waals surface area (Å²) >= 11 is 5.74. The van der Waals surface area contributed by atoms with E-state index in [9.17, 15) is 4.79 Å². The van der Waals surface area contributed by atoms with Gasteiger partial charge in [0.05, 0.1) is 12.4 Å². The summed E-state index contributed by atoms with van der Waals surface area (Å²) in [7, 11) is 0. The summed E-state index contributed by atoms with van der Waals surface area (Å²) in [6, 6.07) is 6.77. The lowest BCUT2D eigenvalue weighted by atomic mass is 10.3. The SMILES string of the molecule is NNc1cnc(C(=O)Nc2ccc(Cl)cc2)cn1. The van der Waals surface area contributed by atoms with Crippen LogP contribution in [0.2, 0.25) is 5.02 Å². The molecule has 92 valence electrons. The predicted octanol–water partition coefficient (Wildman–Crippen LogP) is 1.67. The molecule has 1 aromatic heterocycles. The first-order valence-corrected chi connectivity index (χ1v) is 5.42. The Balaban J connectivity index is 2.09. The maximum absolute atomic E-state index is 11.8. The van der Waals surface area contributed by atoms with Crippen molar-refractivity contribution >= 4 is 29.0 Å². The molecule has 1 heterocycles. The van der Waals surface area contributed by atoms with Crippen molar-refractivity contribution in [1.29, 1.82) is 0 Å². The topological polar surface area (TPSA) is 92.9 Å². The van der Waals surface area contributed by atoms with Crippen molar-refractivity contribution in [1.82, 2.24) is 9.97 Å². The monoisotopic (exact) mass is 263 g/mol. The molecule has 18 heavy (non-hydrogen) atoms. The molecule has 0 fully saturated rings. The lowest BCUT2D eigenvalue weighted by Crippen LogP contribution is -2.15. The molecule has 0 spiro atoms. The predicted molar refractivity (Wildman–Crippen MR) is 69.2 cm³/mol. The molecule has 6 nitrogen and oxygen atoms in total. The van der Waals surface area contributed by atoms with Gasteiger partial charge in [-0.15, -0.1) is 0 Å². The first kappa shape index (κ1) is 12.3. The summed E-state index contributed by atoms with van der Waals surface area (Å²) in [4.78, 5) is 19.6. The Morgan fingerprint density at radius 1 is 1.17 bits per heavy atom. The van der Waals surface area contributed by atoms with E-state index in [1.165, 1.54) is 12.4 Å². The zero-order valence-electron chi connectivity index (χ0n) is 9.22. The lowest BCUT2D eigenvalue weighted by molar-refractivity contribution is 0.102. The maximum atomic E-state index is 11.8. The third-order valence-electron chi connectivity index (χ3n) is 2.13. The molecule has 0 bridgehead atoms. The van der Waals surface area contributed by atoms with Gasteiger partial charge < -0.3 is 10.7 Å². The fourth-order valence-electron chi connectivity index (χ4n) is 1.25. The van der Waals surface area contributed by atoms with E-state index in [0.29, 0.717) is 16.5 Å². The zero-order valence-corrected chi connectivity index (χ0v) is 9.98. The van der Waals surface area contributed by atoms with Gasteiger partial charge in [-0.3, -0.25) is 4.79 Å². The molecule has 0 unspecified atom stereocenters. The Morgan fingerprint density at radius 2 is 1.89 bits per heavy atom. The van der Waals surface area contributed by atoms with Gasteiger partial charge in [-0.25, -0.2) is 15.8 Å². The molecule has 0 radical (unpaired) electrons. The number of carbonyl (C=O) groups excluding carboxylic acids is 1. The number of aromatic nitrogens is 2. The van der Waals surface area contributed by atoms with Gasteiger partial charge in [0.25, 0.3) is 5.91 Å². The van der Waals surface area contributed by atoms with E-state index >= 15 is 0 Å². The van der Waals surface area contributed by atoms with Crippen LogP contribution in [0, 0.1) is 0 Å². The van der Waals surface area contributed by atoms with Crippen LogP contribution in [0.5, 0.6) is 0 Å². The number of hydrogen-bond donors (Lipinski definition) is 3. The van der Waals surface area contributed by atoms with Crippen LogP contribution in [0.3, 0.4) is 0 Å². The Bertz CT molecular complexity index is 540. The van der Waals surface area contributed by atoms with Crippen LogP contribution < -0.4 is 16.6 Å². The third kappa shape index (κ3) is 2.93. The van der Waals surface area contributed by atoms with E-state index < -0.39 is 0 Å². The molecule has 0 aliphatic heterocycles. The Hall–Kier alpha value is -2.18. The van der Waals surface area contributed by atoms with Crippen molar-refractivity contribution in [3.05, 3.63) is 47.4 Å². The average molecular weight is 264 g/mol. The molecule has 1 amide bonds. The average Bonchev–Trinajstić information content (AvgIpc) is 2.41. The van der Waals surface area contributed by atoms with Crippen LogP contribution in [0.1, 0.15) is 10.5 Å². The van der Waals surface area contributed by atoms with Crippen LogP contribution in [0.15, 0.2) is 36.7 Å². The highest BCUT2D eigenvalue weighted by Gasteiger charge is 2.08. The van der Waals surface area contributed by atoms with E-state index in [1.807, 2.05) is 0 Å². The molecule has 7 heteroatoms. The van der Waals surface area contributed by atoms with Gasteiger partial charge in [0, 0.05) is 10.7 Å². The molecule has 0 aliphatic carbocycles. The minimum atomic E-state index is -0.353. The van der Waals surface area contributed by atoms with Crippen molar-refractivity contribution in [2.24, 2.45) is 5.84 Å². The number of halogens is 1.